The third kappa shape index (κ3) is 5.01. The van der Waals surface area contributed by atoms with Crippen LogP contribution in [0.2, 0.25) is 10.0 Å². The van der Waals surface area contributed by atoms with Crippen LogP contribution in [0, 0.1) is 0 Å². The Morgan fingerprint density at radius 2 is 2.08 bits per heavy atom. The summed E-state index contributed by atoms with van der Waals surface area (Å²) in [4.78, 5) is 1.35. The smallest absolute Gasteiger partial charge is 0.191 e. The predicted molar refractivity (Wildman–Crippen MR) is 107 cm³/mol. The fraction of sp³-hybridized carbons (Fsp3) is 0.250. The first-order chi connectivity index (χ1) is 12.5. The highest BCUT2D eigenvalue weighted by molar-refractivity contribution is 8.00. The number of aryl methyl sites for hydroxylation is 2. The minimum absolute atomic E-state index is 0.0600. The molecule has 0 aliphatic carbocycles. The minimum atomic E-state index is -3.52. The van der Waals surface area contributed by atoms with Gasteiger partial charge in [0.1, 0.15) is 6.33 Å². The van der Waals surface area contributed by atoms with Gasteiger partial charge in [0.15, 0.2) is 15.0 Å². The van der Waals surface area contributed by atoms with E-state index in [1.807, 2.05) is 16.0 Å². The molecule has 0 spiro atoms. The Labute approximate surface area is 170 Å². The van der Waals surface area contributed by atoms with Gasteiger partial charge in [0, 0.05) is 22.2 Å². The number of aromatic nitrogens is 3. The van der Waals surface area contributed by atoms with Crippen LogP contribution in [0.15, 0.2) is 52.1 Å². The molecule has 2 aromatic heterocycles. The van der Waals surface area contributed by atoms with Crippen LogP contribution in [0.3, 0.4) is 0 Å². The van der Waals surface area contributed by atoms with Gasteiger partial charge in [-0.1, -0.05) is 41.0 Å². The molecular formula is C16H15Cl2N3O2S3. The number of benzene rings is 1. The summed E-state index contributed by atoms with van der Waals surface area (Å²) in [6, 6.07) is 8.54. The number of rotatable bonds is 8. The van der Waals surface area contributed by atoms with Gasteiger partial charge in [-0.05, 0) is 36.1 Å². The van der Waals surface area contributed by atoms with Crippen LogP contribution in [-0.4, -0.2) is 34.7 Å². The SMILES string of the molecule is O=S(=O)(CCSc1nncn1CCc1cccs1)c1cc(Cl)ccc1Cl. The molecular weight excluding hydrogens is 433 g/mol. The largest absolute Gasteiger partial charge is 0.308 e. The van der Waals surface area contributed by atoms with Crippen LogP contribution < -0.4 is 0 Å². The zero-order valence-electron chi connectivity index (χ0n) is 13.5. The first-order valence-corrected chi connectivity index (χ1v) is 11.9. The molecule has 2 heterocycles. The van der Waals surface area contributed by atoms with Crippen molar-refractivity contribution in [2.75, 3.05) is 11.5 Å². The lowest BCUT2D eigenvalue weighted by molar-refractivity contribution is 0.597. The molecule has 0 N–H and O–H groups in total. The molecule has 0 bridgehead atoms. The quantitative estimate of drug-likeness (QED) is 0.477. The van der Waals surface area contributed by atoms with Gasteiger partial charge in [-0.2, -0.15) is 0 Å². The van der Waals surface area contributed by atoms with Crippen LogP contribution in [0.25, 0.3) is 0 Å². The lowest BCUT2D eigenvalue weighted by atomic mass is 10.3. The summed E-state index contributed by atoms with van der Waals surface area (Å²) in [5.74, 6) is 0.290. The number of sulfone groups is 1. The maximum absolute atomic E-state index is 12.5. The van der Waals surface area contributed by atoms with Gasteiger partial charge in [-0.25, -0.2) is 8.42 Å². The van der Waals surface area contributed by atoms with E-state index in [-0.39, 0.29) is 15.7 Å². The maximum atomic E-state index is 12.5. The lowest BCUT2D eigenvalue weighted by Crippen LogP contribution is -2.10. The van der Waals surface area contributed by atoms with Crippen molar-refractivity contribution in [2.45, 2.75) is 23.0 Å². The summed E-state index contributed by atoms with van der Waals surface area (Å²) in [6.07, 6.45) is 2.55. The Morgan fingerprint density at radius 3 is 2.85 bits per heavy atom. The highest BCUT2D eigenvalue weighted by Crippen LogP contribution is 2.27. The summed E-state index contributed by atoms with van der Waals surface area (Å²) in [7, 11) is -3.52. The molecule has 0 radical (unpaired) electrons. The van der Waals surface area contributed by atoms with Crippen LogP contribution in [0.1, 0.15) is 4.88 Å². The van der Waals surface area contributed by atoms with Crippen molar-refractivity contribution in [3.05, 3.63) is 57.0 Å². The molecule has 10 heteroatoms. The molecule has 0 aliphatic rings. The number of halogens is 2. The van der Waals surface area contributed by atoms with E-state index < -0.39 is 9.84 Å². The third-order valence-electron chi connectivity index (χ3n) is 3.57. The van der Waals surface area contributed by atoms with Gasteiger partial charge >= 0.3 is 0 Å². The molecule has 0 unspecified atom stereocenters. The Morgan fingerprint density at radius 1 is 1.23 bits per heavy atom. The summed E-state index contributed by atoms with van der Waals surface area (Å²) in [6.45, 7) is 0.753. The number of hydrogen-bond donors (Lipinski definition) is 0. The van der Waals surface area contributed by atoms with Crippen LogP contribution in [0.4, 0.5) is 0 Å². The minimum Gasteiger partial charge on any atom is -0.308 e. The Balaban J connectivity index is 1.59. The lowest BCUT2D eigenvalue weighted by Gasteiger charge is -2.08. The van der Waals surface area contributed by atoms with E-state index in [2.05, 4.69) is 16.3 Å². The van der Waals surface area contributed by atoms with E-state index in [4.69, 9.17) is 23.2 Å². The average molecular weight is 448 g/mol. The van der Waals surface area contributed by atoms with Crippen molar-refractivity contribution in [1.82, 2.24) is 14.8 Å². The Kier molecular flexibility index (Phi) is 6.63. The van der Waals surface area contributed by atoms with Crippen molar-refractivity contribution in [1.29, 1.82) is 0 Å². The molecule has 3 rings (SSSR count). The standard InChI is InChI=1S/C16H15Cl2N3O2S3/c17-12-3-4-14(18)15(10-12)26(22,23)9-8-25-16-20-19-11-21(16)6-5-13-2-1-7-24-13/h1-4,7,10-11H,5-6,8-9H2. The van der Waals surface area contributed by atoms with Crippen molar-refractivity contribution >= 4 is 56.1 Å². The molecule has 3 aromatic rings. The topological polar surface area (TPSA) is 64.8 Å². The number of thioether (sulfide) groups is 1. The van der Waals surface area contributed by atoms with Crippen molar-refractivity contribution in [3.63, 3.8) is 0 Å². The van der Waals surface area contributed by atoms with Crippen LogP contribution in [-0.2, 0) is 22.8 Å². The second kappa shape index (κ2) is 8.75. The highest BCUT2D eigenvalue weighted by atomic mass is 35.5. The Hall–Kier alpha value is -1.06. The number of nitrogens with zero attached hydrogens (tertiary/aromatic N) is 3. The monoisotopic (exact) mass is 447 g/mol. The molecule has 26 heavy (non-hydrogen) atoms. The van der Waals surface area contributed by atoms with Gasteiger partial charge in [-0.15, -0.1) is 21.5 Å². The van der Waals surface area contributed by atoms with Crippen molar-refractivity contribution in [3.8, 4) is 0 Å². The van der Waals surface area contributed by atoms with Crippen LogP contribution in [0.5, 0.6) is 0 Å². The second-order valence-electron chi connectivity index (χ2n) is 5.38. The van der Waals surface area contributed by atoms with Gasteiger partial charge in [0.05, 0.1) is 15.7 Å². The molecule has 1 aromatic carbocycles. The highest BCUT2D eigenvalue weighted by Gasteiger charge is 2.19. The molecule has 0 aliphatic heterocycles. The first-order valence-electron chi connectivity index (χ1n) is 7.66. The van der Waals surface area contributed by atoms with E-state index in [1.54, 1.807) is 23.7 Å². The zero-order chi connectivity index (χ0) is 18.6. The third-order valence-corrected chi connectivity index (χ3v) is 8.17. The van der Waals surface area contributed by atoms with E-state index in [9.17, 15) is 8.42 Å². The van der Waals surface area contributed by atoms with Gasteiger partial charge < -0.3 is 4.57 Å². The predicted octanol–water partition coefficient (Wildman–Crippen LogP) is 4.46. The zero-order valence-corrected chi connectivity index (χ0v) is 17.5. The van der Waals surface area contributed by atoms with E-state index >= 15 is 0 Å². The molecule has 0 fully saturated rings. The average Bonchev–Trinajstić information content (AvgIpc) is 3.26. The summed E-state index contributed by atoms with van der Waals surface area (Å²) >= 11 is 15.0. The maximum Gasteiger partial charge on any atom is 0.191 e. The van der Waals surface area contributed by atoms with Gasteiger partial charge in [-0.3, -0.25) is 0 Å². The fourth-order valence-electron chi connectivity index (χ4n) is 2.26. The molecule has 0 saturated carbocycles. The molecule has 0 saturated heterocycles. The molecule has 0 atom stereocenters. The number of hydrogen-bond acceptors (Lipinski definition) is 6. The summed E-state index contributed by atoms with van der Waals surface area (Å²) in [5.41, 5.74) is 0. The number of thiophene rings is 1. The first kappa shape index (κ1) is 19.7. The van der Waals surface area contributed by atoms with Gasteiger partial charge in [0.25, 0.3) is 0 Å². The molecule has 5 nitrogen and oxygen atoms in total. The van der Waals surface area contributed by atoms with E-state index in [0.717, 1.165) is 13.0 Å². The summed E-state index contributed by atoms with van der Waals surface area (Å²) < 4.78 is 26.9. The van der Waals surface area contributed by atoms with Crippen LogP contribution >= 0.6 is 46.3 Å². The van der Waals surface area contributed by atoms with E-state index in [0.29, 0.717) is 15.9 Å². The molecule has 138 valence electrons. The fourth-order valence-corrected chi connectivity index (χ4v) is 6.36. The van der Waals surface area contributed by atoms with Crippen molar-refractivity contribution in [2.24, 2.45) is 0 Å². The summed E-state index contributed by atoms with van der Waals surface area (Å²) in [5, 5.41) is 11.3. The molecule has 0 amide bonds. The second-order valence-corrected chi connectivity index (χ2v) is 10.4. The normalized spacial score (nSPS) is 11.8. The van der Waals surface area contributed by atoms with Gasteiger partial charge in [0.2, 0.25) is 0 Å². The Bertz CT molecular complexity index is 973. The van der Waals surface area contributed by atoms with Crippen molar-refractivity contribution < 1.29 is 8.42 Å². The van der Waals surface area contributed by atoms with E-state index in [1.165, 1.54) is 28.8 Å².